The Bertz CT molecular complexity index is 727. The predicted molar refractivity (Wildman–Crippen MR) is 127 cm³/mol. The number of likely N-dealkylation sites (tertiary alicyclic amines) is 1. The predicted octanol–water partition coefficient (Wildman–Crippen LogP) is 1.78. The topological polar surface area (TPSA) is 68.2 Å². The van der Waals surface area contributed by atoms with Crippen LogP contribution in [0, 0.1) is 0 Å². The van der Waals surface area contributed by atoms with Crippen molar-refractivity contribution in [2.24, 2.45) is 4.99 Å². The molecule has 0 aromatic heterocycles. The highest BCUT2D eigenvalue weighted by molar-refractivity contribution is 7.85. The van der Waals surface area contributed by atoms with Crippen LogP contribution in [-0.4, -0.2) is 95.4 Å². The third kappa shape index (κ3) is 7.61. The number of nitrogens with zero attached hydrogens (tertiary/aromatic N) is 4. The van der Waals surface area contributed by atoms with Crippen LogP contribution >= 0.6 is 0 Å². The van der Waals surface area contributed by atoms with Crippen molar-refractivity contribution in [1.29, 1.82) is 0 Å². The summed E-state index contributed by atoms with van der Waals surface area (Å²) in [6, 6.07) is 9.56. The molecule has 2 aliphatic rings. The van der Waals surface area contributed by atoms with Gasteiger partial charge in [0.1, 0.15) is 0 Å². The third-order valence-corrected chi connectivity index (χ3v) is 7.22. The van der Waals surface area contributed by atoms with E-state index in [1.807, 2.05) is 30.3 Å². The number of hydrogen-bond acceptors (Lipinski definition) is 4. The molecule has 2 heterocycles. The molecule has 1 unspecified atom stereocenters. The molecule has 2 aliphatic heterocycles. The van der Waals surface area contributed by atoms with Crippen LogP contribution in [0.3, 0.4) is 0 Å². The first-order valence-electron chi connectivity index (χ1n) is 11.6. The Morgan fingerprint density at radius 1 is 0.968 bits per heavy atom. The number of amides is 1. The summed E-state index contributed by atoms with van der Waals surface area (Å²) >= 11 is 0. The minimum atomic E-state index is -1.03. The number of nitrogens with one attached hydrogen (secondary N) is 1. The first-order valence-corrected chi connectivity index (χ1v) is 13.0. The van der Waals surface area contributed by atoms with Gasteiger partial charge < -0.3 is 15.1 Å². The van der Waals surface area contributed by atoms with Gasteiger partial charge in [-0.25, -0.2) is 0 Å². The zero-order valence-electron chi connectivity index (χ0n) is 18.8. The van der Waals surface area contributed by atoms with Crippen LogP contribution in [-0.2, 0) is 15.6 Å². The SMILES string of the molecule is CCNC(=NCCS(=O)c1ccccc1)N1CCN(CC(=O)N2CCCCCC2)CC1. The minimum Gasteiger partial charge on any atom is -0.357 e. The molecule has 0 bridgehead atoms. The molecule has 2 fully saturated rings. The van der Waals surface area contributed by atoms with Crippen LogP contribution in [0.2, 0.25) is 0 Å². The van der Waals surface area contributed by atoms with Crippen LogP contribution in [0.15, 0.2) is 40.2 Å². The first kappa shape index (κ1) is 23.7. The van der Waals surface area contributed by atoms with E-state index in [1.54, 1.807) is 0 Å². The summed E-state index contributed by atoms with van der Waals surface area (Å²) < 4.78 is 12.4. The number of piperazine rings is 1. The Kier molecular flexibility index (Phi) is 9.81. The van der Waals surface area contributed by atoms with Gasteiger partial charge in [-0.2, -0.15) is 0 Å². The molecule has 8 heteroatoms. The average molecular weight is 448 g/mol. The zero-order valence-corrected chi connectivity index (χ0v) is 19.6. The second kappa shape index (κ2) is 12.8. The van der Waals surface area contributed by atoms with Gasteiger partial charge in [0.25, 0.3) is 0 Å². The van der Waals surface area contributed by atoms with Gasteiger partial charge in [-0.05, 0) is 31.9 Å². The molecule has 3 rings (SSSR count). The lowest BCUT2D eigenvalue weighted by atomic mass is 10.2. The molecule has 0 radical (unpaired) electrons. The standard InChI is InChI=1S/C23H37N5O2S/c1-2-24-23(25-12-19-31(30)21-10-6-5-7-11-21)28-17-15-26(16-18-28)20-22(29)27-13-8-3-4-9-14-27/h5-7,10-11H,2-4,8-9,12-20H2,1H3,(H,24,25). The van der Waals surface area contributed by atoms with Crippen molar-refractivity contribution in [3.8, 4) is 0 Å². The number of hydrogen-bond donors (Lipinski definition) is 1. The van der Waals surface area contributed by atoms with Crippen molar-refractivity contribution in [1.82, 2.24) is 20.0 Å². The largest absolute Gasteiger partial charge is 0.357 e. The van der Waals surface area contributed by atoms with Crippen molar-refractivity contribution < 1.29 is 9.00 Å². The average Bonchev–Trinajstić information content (AvgIpc) is 3.09. The van der Waals surface area contributed by atoms with Gasteiger partial charge in [0.05, 0.1) is 23.9 Å². The molecule has 172 valence electrons. The number of carbonyl (C=O) groups excluding carboxylic acids is 1. The van der Waals surface area contributed by atoms with Gasteiger partial charge in [0.15, 0.2) is 5.96 Å². The van der Waals surface area contributed by atoms with Gasteiger partial charge >= 0.3 is 0 Å². The molecule has 7 nitrogen and oxygen atoms in total. The molecule has 0 saturated carbocycles. The third-order valence-electron chi connectivity index (χ3n) is 5.87. The normalized spacial score (nSPS) is 19.7. The fraction of sp³-hybridized carbons (Fsp3) is 0.652. The van der Waals surface area contributed by atoms with Crippen molar-refractivity contribution in [2.45, 2.75) is 37.5 Å². The second-order valence-corrected chi connectivity index (χ2v) is 9.73. The molecule has 2 saturated heterocycles. The number of rotatable bonds is 7. The van der Waals surface area contributed by atoms with Crippen molar-refractivity contribution in [3.05, 3.63) is 30.3 Å². The summed E-state index contributed by atoms with van der Waals surface area (Å²) in [5, 5.41) is 3.36. The van der Waals surface area contributed by atoms with E-state index in [2.05, 4.69) is 26.9 Å². The smallest absolute Gasteiger partial charge is 0.236 e. The second-order valence-electron chi connectivity index (χ2n) is 8.16. The van der Waals surface area contributed by atoms with E-state index >= 15 is 0 Å². The molecular weight excluding hydrogens is 410 g/mol. The molecule has 1 aromatic carbocycles. The van der Waals surface area contributed by atoms with E-state index in [9.17, 15) is 9.00 Å². The van der Waals surface area contributed by atoms with Crippen molar-refractivity contribution in [3.63, 3.8) is 0 Å². The monoisotopic (exact) mass is 447 g/mol. The first-order chi connectivity index (χ1) is 15.2. The van der Waals surface area contributed by atoms with Gasteiger partial charge in [-0.1, -0.05) is 31.0 Å². The van der Waals surface area contributed by atoms with Gasteiger partial charge in [-0.15, -0.1) is 0 Å². The summed E-state index contributed by atoms with van der Waals surface area (Å²) in [5.74, 6) is 1.67. The molecule has 0 spiro atoms. The highest BCUT2D eigenvalue weighted by Gasteiger charge is 2.23. The molecule has 1 aromatic rings. The van der Waals surface area contributed by atoms with Crippen molar-refractivity contribution in [2.75, 3.05) is 64.7 Å². The fourth-order valence-corrected chi connectivity index (χ4v) is 5.03. The maximum absolute atomic E-state index is 12.7. The summed E-state index contributed by atoms with van der Waals surface area (Å²) in [7, 11) is -1.03. The van der Waals surface area contributed by atoms with E-state index in [4.69, 9.17) is 4.99 Å². The van der Waals surface area contributed by atoms with E-state index in [0.717, 1.165) is 69.5 Å². The lowest BCUT2D eigenvalue weighted by molar-refractivity contribution is -0.132. The maximum Gasteiger partial charge on any atom is 0.236 e. The Balaban J connectivity index is 1.45. The molecule has 1 atom stereocenters. The fourth-order valence-electron chi connectivity index (χ4n) is 4.08. The Hall–Kier alpha value is -1.93. The lowest BCUT2D eigenvalue weighted by Crippen LogP contribution is -2.54. The van der Waals surface area contributed by atoms with Crippen LogP contribution in [0.25, 0.3) is 0 Å². The number of benzene rings is 1. The summed E-state index contributed by atoms with van der Waals surface area (Å²) in [4.78, 5) is 24.8. The lowest BCUT2D eigenvalue weighted by Gasteiger charge is -2.37. The maximum atomic E-state index is 12.7. The van der Waals surface area contributed by atoms with Crippen LogP contribution in [0.4, 0.5) is 0 Å². The van der Waals surface area contributed by atoms with Crippen molar-refractivity contribution >= 4 is 22.7 Å². The quantitative estimate of drug-likeness (QED) is 0.510. The zero-order chi connectivity index (χ0) is 21.9. The number of aliphatic imine (C=N–C) groups is 1. The van der Waals surface area contributed by atoms with Crippen LogP contribution < -0.4 is 5.32 Å². The minimum absolute atomic E-state index is 0.277. The highest BCUT2D eigenvalue weighted by Crippen LogP contribution is 2.11. The van der Waals surface area contributed by atoms with Gasteiger partial charge in [-0.3, -0.25) is 18.9 Å². The van der Waals surface area contributed by atoms with Crippen LogP contribution in [0.1, 0.15) is 32.6 Å². The Morgan fingerprint density at radius 2 is 1.65 bits per heavy atom. The summed E-state index contributed by atoms with van der Waals surface area (Å²) in [6.07, 6.45) is 4.76. The molecule has 1 N–H and O–H groups in total. The number of guanidine groups is 1. The van der Waals surface area contributed by atoms with E-state index in [-0.39, 0.29) is 5.91 Å². The number of carbonyl (C=O) groups is 1. The van der Waals surface area contributed by atoms with Gasteiger partial charge in [0.2, 0.25) is 5.91 Å². The Labute approximate surface area is 189 Å². The summed E-state index contributed by atoms with van der Waals surface area (Å²) in [6.45, 7) is 9.17. The van der Waals surface area contributed by atoms with E-state index in [1.165, 1.54) is 12.8 Å². The van der Waals surface area contributed by atoms with Crippen LogP contribution in [0.5, 0.6) is 0 Å². The molecule has 0 aliphatic carbocycles. The molecule has 31 heavy (non-hydrogen) atoms. The van der Waals surface area contributed by atoms with Gasteiger partial charge in [0, 0.05) is 56.5 Å². The van der Waals surface area contributed by atoms with E-state index in [0.29, 0.717) is 18.8 Å². The highest BCUT2D eigenvalue weighted by atomic mass is 32.2. The summed E-state index contributed by atoms with van der Waals surface area (Å²) in [5.41, 5.74) is 0. The molecule has 1 amide bonds. The molecular formula is C23H37N5O2S. The van der Waals surface area contributed by atoms with E-state index < -0.39 is 10.8 Å². The Morgan fingerprint density at radius 3 is 2.29 bits per heavy atom.